The molecule has 1 unspecified atom stereocenters. The first-order chi connectivity index (χ1) is 6.76. The summed E-state index contributed by atoms with van der Waals surface area (Å²) in [6, 6.07) is 0. The molecule has 0 rings (SSSR count). The summed E-state index contributed by atoms with van der Waals surface area (Å²) in [7, 11) is 0. The average Bonchev–Trinajstić information content (AvgIpc) is 2.20. The Labute approximate surface area is 86.8 Å². The number of carbonyl (C=O) groups is 1. The highest BCUT2D eigenvalue weighted by atomic mass is 16.6. The smallest absolute Gasteiger partial charge is 0.335 e. The third-order valence-electron chi connectivity index (χ3n) is 1.79. The van der Waals surface area contributed by atoms with Crippen molar-refractivity contribution in [2.45, 2.75) is 52.6 Å². The summed E-state index contributed by atoms with van der Waals surface area (Å²) in [6.45, 7) is 7.17. The van der Waals surface area contributed by atoms with Crippen LogP contribution in [0.5, 0.6) is 0 Å². The summed E-state index contributed by atoms with van der Waals surface area (Å²) in [4.78, 5) is 11.5. The number of carbonyl (C=O) groups excluding carboxylic acids is 1. The maximum Gasteiger partial charge on any atom is 0.335 e. The molecule has 0 aromatic carbocycles. The molecule has 0 fully saturated rings. The second-order valence-corrected chi connectivity index (χ2v) is 3.32. The minimum Gasteiger partial charge on any atom is -0.464 e. The van der Waals surface area contributed by atoms with Gasteiger partial charge in [-0.1, -0.05) is 27.2 Å². The van der Waals surface area contributed by atoms with Crippen molar-refractivity contribution in [1.82, 2.24) is 0 Å². The van der Waals surface area contributed by atoms with Crippen LogP contribution < -0.4 is 0 Å². The lowest BCUT2D eigenvalue weighted by molar-refractivity contribution is -0.157. The molecule has 3 heteroatoms. The quantitative estimate of drug-likeness (QED) is 0.567. The largest absolute Gasteiger partial charge is 0.464 e. The lowest BCUT2D eigenvalue weighted by Gasteiger charge is -2.15. The van der Waals surface area contributed by atoms with Crippen LogP contribution >= 0.6 is 0 Å². The third kappa shape index (κ3) is 5.97. The molecule has 0 amide bonds. The van der Waals surface area contributed by atoms with Crippen LogP contribution in [0, 0.1) is 0 Å². The molecule has 0 aromatic heterocycles. The lowest BCUT2D eigenvalue weighted by Crippen LogP contribution is -2.27. The molecule has 0 saturated carbocycles. The Morgan fingerprint density at radius 2 is 1.71 bits per heavy atom. The van der Waals surface area contributed by atoms with Gasteiger partial charge in [0.25, 0.3) is 0 Å². The topological polar surface area (TPSA) is 35.5 Å². The Balaban J connectivity index is 3.84. The molecule has 0 aliphatic carbocycles. The van der Waals surface area contributed by atoms with Crippen molar-refractivity contribution in [2.24, 2.45) is 0 Å². The van der Waals surface area contributed by atoms with Gasteiger partial charge >= 0.3 is 5.97 Å². The first-order valence-electron chi connectivity index (χ1n) is 5.54. The van der Waals surface area contributed by atoms with Gasteiger partial charge in [-0.15, -0.1) is 0 Å². The maximum atomic E-state index is 11.5. The van der Waals surface area contributed by atoms with E-state index in [0.717, 1.165) is 25.7 Å². The summed E-state index contributed by atoms with van der Waals surface area (Å²) in [5, 5.41) is 0. The minimum absolute atomic E-state index is 0.206. The zero-order valence-corrected chi connectivity index (χ0v) is 9.54. The van der Waals surface area contributed by atoms with Gasteiger partial charge in [-0.05, 0) is 19.3 Å². The first kappa shape index (κ1) is 13.4. The monoisotopic (exact) mass is 202 g/mol. The van der Waals surface area contributed by atoms with Crippen molar-refractivity contribution >= 4 is 5.97 Å². The van der Waals surface area contributed by atoms with E-state index in [0.29, 0.717) is 13.2 Å². The SMILES string of the molecule is CCCOC(=O)C(CCC)OCCC. The molecule has 84 valence electrons. The normalized spacial score (nSPS) is 12.5. The standard InChI is InChI=1S/C11H22O3/c1-4-7-10(13-8-5-2)11(12)14-9-6-3/h10H,4-9H2,1-3H3. The molecule has 0 aromatic rings. The number of esters is 1. The number of rotatable bonds is 8. The number of hydrogen-bond donors (Lipinski definition) is 0. The van der Waals surface area contributed by atoms with Crippen LogP contribution in [0.1, 0.15) is 46.5 Å². The molecule has 0 saturated heterocycles. The molecule has 3 nitrogen and oxygen atoms in total. The molecule has 0 aliphatic rings. The van der Waals surface area contributed by atoms with Crippen molar-refractivity contribution in [3.8, 4) is 0 Å². The lowest BCUT2D eigenvalue weighted by atomic mass is 10.2. The van der Waals surface area contributed by atoms with Crippen LogP contribution in [0.15, 0.2) is 0 Å². The molecular weight excluding hydrogens is 180 g/mol. The molecule has 0 aliphatic heterocycles. The predicted molar refractivity (Wildman–Crippen MR) is 56.2 cm³/mol. The molecule has 0 heterocycles. The zero-order valence-electron chi connectivity index (χ0n) is 9.54. The van der Waals surface area contributed by atoms with E-state index in [4.69, 9.17) is 9.47 Å². The van der Waals surface area contributed by atoms with Gasteiger partial charge in [-0.25, -0.2) is 4.79 Å². The fourth-order valence-corrected chi connectivity index (χ4v) is 1.09. The van der Waals surface area contributed by atoms with Crippen molar-refractivity contribution in [3.63, 3.8) is 0 Å². The fraction of sp³-hybridized carbons (Fsp3) is 0.909. The summed E-state index contributed by atoms with van der Waals surface area (Å²) < 4.78 is 10.5. The Hall–Kier alpha value is -0.570. The Kier molecular flexibility index (Phi) is 8.64. The highest BCUT2D eigenvalue weighted by Crippen LogP contribution is 2.05. The number of hydrogen-bond acceptors (Lipinski definition) is 3. The summed E-state index contributed by atoms with van der Waals surface area (Å²) in [5.74, 6) is -0.206. The Morgan fingerprint density at radius 3 is 2.21 bits per heavy atom. The predicted octanol–water partition coefficient (Wildman–Crippen LogP) is 2.53. The maximum absolute atomic E-state index is 11.5. The zero-order chi connectivity index (χ0) is 10.8. The van der Waals surface area contributed by atoms with Crippen LogP contribution in [0.3, 0.4) is 0 Å². The van der Waals surface area contributed by atoms with Gasteiger partial charge in [0.1, 0.15) is 0 Å². The van der Waals surface area contributed by atoms with Crippen LogP contribution in [0.4, 0.5) is 0 Å². The van der Waals surface area contributed by atoms with E-state index < -0.39 is 0 Å². The van der Waals surface area contributed by atoms with Gasteiger partial charge in [0, 0.05) is 6.61 Å². The van der Waals surface area contributed by atoms with E-state index in [9.17, 15) is 4.79 Å². The molecule has 0 radical (unpaired) electrons. The van der Waals surface area contributed by atoms with E-state index >= 15 is 0 Å². The average molecular weight is 202 g/mol. The van der Waals surface area contributed by atoms with Gasteiger partial charge < -0.3 is 9.47 Å². The Morgan fingerprint density at radius 1 is 1.07 bits per heavy atom. The molecule has 0 spiro atoms. The highest BCUT2D eigenvalue weighted by Gasteiger charge is 2.18. The Bertz CT molecular complexity index is 145. The number of ether oxygens (including phenoxy) is 2. The van der Waals surface area contributed by atoms with Crippen LogP contribution in [0.2, 0.25) is 0 Å². The third-order valence-corrected chi connectivity index (χ3v) is 1.79. The van der Waals surface area contributed by atoms with Crippen molar-refractivity contribution in [2.75, 3.05) is 13.2 Å². The van der Waals surface area contributed by atoms with Crippen molar-refractivity contribution < 1.29 is 14.3 Å². The van der Waals surface area contributed by atoms with Gasteiger partial charge in [0.2, 0.25) is 0 Å². The summed E-state index contributed by atoms with van der Waals surface area (Å²) >= 11 is 0. The van der Waals surface area contributed by atoms with Gasteiger partial charge in [0.05, 0.1) is 6.61 Å². The van der Waals surface area contributed by atoms with Gasteiger partial charge in [-0.3, -0.25) is 0 Å². The van der Waals surface area contributed by atoms with Crippen LogP contribution in [-0.2, 0) is 14.3 Å². The summed E-state index contributed by atoms with van der Waals surface area (Å²) in [5.41, 5.74) is 0. The van der Waals surface area contributed by atoms with E-state index in [1.807, 2.05) is 20.8 Å². The van der Waals surface area contributed by atoms with Crippen LogP contribution in [-0.4, -0.2) is 25.3 Å². The van der Waals surface area contributed by atoms with Gasteiger partial charge in [0.15, 0.2) is 6.10 Å². The molecule has 1 atom stereocenters. The molecule has 0 N–H and O–H groups in total. The first-order valence-corrected chi connectivity index (χ1v) is 5.54. The van der Waals surface area contributed by atoms with E-state index in [-0.39, 0.29) is 12.1 Å². The summed E-state index contributed by atoms with van der Waals surface area (Å²) in [6.07, 6.45) is 3.13. The van der Waals surface area contributed by atoms with Crippen LogP contribution in [0.25, 0.3) is 0 Å². The molecule has 0 bridgehead atoms. The van der Waals surface area contributed by atoms with E-state index in [1.54, 1.807) is 0 Å². The van der Waals surface area contributed by atoms with E-state index in [1.165, 1.54) is 0 Å². The fourth-order valence-electron chi connectivity index (χ4n) is 1.09. The second-order valence-electron chi connectivity index (χ2n) is 3.32. The molecular formula is C11H22O3. The van der Waals surface area contributed by atoms with Crippen molar-refractivity contribution in [1.29, 1.82) is 0 Å². The molecule has 14 heavy (non-hydrogen) atoms. The highest BCUT2D eigenvalue weighted by molar-refractivity contribution is 5.74. The van der Waals surface area contributed by atoms with Crippen molar-refractivity contribution in [3.05, 3.63) is 0 Å². The van der Waals surface area contributed by atoms with E-state index in [2.05, 4.69) is 0 Å². The minimum atomic E-state index is -0.355. The second kappa shape index (κ2) is 9.00. The van der Waals surface area contributed by atoms with Gasteiger partial charge in [-0.2, -0.15) is 0 Å².